The van der Waals surface area contributed by atoms with E-state index in [1.54, 1.807) is 0 Å². The fourth-order valence-electron chi connectivity index (χ4n) is 2.09. The summed E-state index contributed by atoms with van der Waals surface area (Å²) in [6, 6.07) is 1.48. The van der Waals surface area contributed by atoms with E-state index in [0.29, 0.717) is 5.92 Å². The first kappa shape index (κ1) is 26.8. The van der Waals surface area contributed by atoms with Crippen molar-refractivity contribution in [3.63, 3.8) is 0 Å². The first-order valence-electron chi connectivity index (χ1n) is 8.57. The molecule has 152 valence electrons. The number of rotatable bonds is 8. The van der Waals surface area contributed by atoms with Gasteiger partial charge >= 0.3 is 5.51 Å². The lowest BCUT2D eigenvalue weighted by Crippen LogP contribution is -2.23. The third-order valence-corrected chi connectivity index (χ3v) is 5.43. The van der Waals surface area contributed by atoms with Crippen LogP contribution in [0.2, 0.25) is 25.7 Å². The van der Waals surface area contributed by atoms with Crippen molar-refractivity contribution in [1.29, 1.82) is 0 Å². The highest BCUT2D eigenvalue weighted by Gasteiger charge is 2.36. The molecule has 0 N–H and O–H groups in total. The van der Waals surface area contributed by atoms with E-state index in [1.807, 2.05) is 0 Å². The normalized spacial score (nSPS) is 13.9. The Balaban J connectivity index is 0. The highest BCUT2D eigenvalue weighted by Crippen LogP contribution is 2.20. The van der Waals surface area contributed by atoms with Crippen molar-refractivity contribution in [2.75, 3.05) is 13.1 Å². The van der Waals surface area contributed by atoms with Crippen LogP contribution in [0, 0.1) is 11.8 Å². The Labute approximate surface area is 152 Å². The smallest absolute Gasteiger partial charge is 0.485 e. The molecule has 0 bridgehead atoms. The summed E-state index contributed by atoms with van der Waals surface area (Å²) in [6.45, 7) is 19.0. The average molecular weight is 406 g/mol. The minimum atomic E-state index is -6.09. The minimum Gasteiger partial charge on any atom is -0.741 e. The number of hydrogen-bond donors (Lipinski definition) is 0. The zero-order valence-electron chi connectivity index (χ0n) is 16.5. The molecule has 0 aromatic heterocycles. The van der Waals surface area contributed by atoms with Crippen LogP contribution < -0.4 is 0 Å². The van der Waals surface area contributed by atoms with Gasteiger partial charge in [-0.05, 0) is 6.42 Å². The Bertz CT molecular complexity index is 496. The summed E-state index contributed by atoms with van der Waals surface area (Å²) in [4.78, 5) is 0. The lowest BCUT2D eigenvalue weighted by molar-refractivity contribution is -0.531. The summed E-state index contributed by atoms with van der Waals surface area (Å²) in [5, 5.41) is 0. The molecule has 0 aliphatic rings. The monoisotopic (exact) mass is 405 g/mol. The molecule has 0 rings (SSSR count). The molecule has 25 heavy (non-hydrogen) atoms. The summed E-state index contributed by atoms with van der Waals surface area (Å²) in [7, 11) is -6.91. The number of unbranched alkanes of at least 4 members (excludes halogenated alkanes) is 1. The van der Waals surface area contributed by atoms with Gasteiger partial charge in [-0.15, -0.1) is 0 Å². The van der Waals surface area contributed by atoms with Crippen LogP contribution in [0.15, 0.2) is 0 Å². The Morgan fingerprint density at radius 1 is 1.08 bits per heavy atom. The molecule has 0 spiro atoms. The summed E-state index contributed by atoms with van der Waals surface area (Å²) in [5.41, 5.74) is -5.65. The quantitative estimate of drug-likeness (QED) is 0.149. The zero-order chi connectivity index (χ0) is 20.5. The Kier molecular flexibility index (Phi) is 12.2. The molecule has 0 saturated carbocycles. The van der Waals surface area contributed by atoms with Crippen LogP contribution in [-0.2, 0) is 10.1 Å². The van der Waals surface area contributed by atoms with Gasteiger partial charge in [0.05, 0.1) is 0 Å². The number of halogens is 3. The summed E-state index contributed by atoms with van der Waals surface area (Å²) < 4.78 is 61.4. The molecule has 0 aliphatic carbocycles. The molecule has 0 amide bonds. The number of nitrogens with zero attached hydrogens (tertiary/aromatic N) is 1. The maximum Gasteiger partial charge on any atom is 0.485 e. The fraction of sp³-hybridized carbons (Fsp3) is 0.938. The van der Waals surface area contributed by atoms with Crippen molar-refractivity contribution < 1.29 is 30.7 Å². The van der Waals surface area contributed by atoms with Gasteiger partial charge < -0.3 is 4.55 Å². The summed E-state index contributed by atoms with van der Waals surface area (Å²) in [6.07, 6.45) is 5.19. The molecule has 0 aromatic carbocycles. The van der Waals surface area contributed by atoms with Gasteiger partial charge in [-0.1, -0.05) is 53.4 Å². The third kappa shape index (κ3) is 18.2. The van der Waals surface area contributed by atoms with E-state index in [2.05, 4.69) is 58.1 Å². The number of hydrogen-bond acceptors (Lipinski definition) is 3. The highest BCUT2D eigenvalue weighted by molar-refractivity contribution is 7.86. The summed E-state index contributed by atoms with van der Waals surface area (Å²) >= 11 is 0. The van der Waals surface area contributed by atoms with E-state index in [4.69, 9.17) is 13.0 Å². The molecule has 0 atom stereocenters. The maximum atomic E-state index is 10.7. The zero-order valence-corrected chi connectivity index (χ0v) is 18.3. The molecule has 0 aromatic rings. The molecule has 0 aliphatic heterocycles. The second kappa shape index (κ2) is 11.3. The molecule has 9 heteroatoms. The van der Waals surface area contributed by atoms with Crippen LogP contribution >= 0.6 is 0 Å². The van der Waals surface area contributed by atoms with Crippen molar-refractivity contribution in [3.8, 4) is 0 Å². The predicted molar refractivity (Wildman–Crippen MR) is 98.9 cm³/mol. The van der Waals surface area contributed by atoms with E-state index in [9.17, 15) is 13.2 Å². The highest BCUT2D eigenvalue weighted by atomic mass is 32.2. The fourth-order valence-corrected chi connectivity index (χ4v) is 3.40. The first-order valence-corrected chi connectivity index (χ1v) is 13.7. The molecule has 0 radical (unpaired) electrons. The largest absolute Gasteiger partial charge is 0.741 e. The second-order valence-electron chi connectivity index (χ2n) is 8.20. The van der Waals surface area contributed by atoms with E-state index < -0.39 is 23.7 Å². The lowest BCUT2D eigenvalue weighted by atomic mass is 10.2. The van der Waals surface area contributed by atoms with Gasteiger partial charge in [-0.3, -0.25) is 0 Å². The van der Waals surface area contributed by atoms with Gasteiger partial charge in [0.15, 0.2) is 10.1 Å². The van der Waals surface area contributed by atoms with Crippen LogP contribution in [0.3, 0.4) is 0 Å². The average Bonchev–Trinajstić information content (AvgIpc) is 2.30. The molecule has 4 nitrogen and oxygen atoms in total. The molecular formula is C16H34F3NO3SSi. The predicted octanol–water partition coefficient (Wildman–Crippen LogP) is 4.55. The van der Waals surface area contributed by atoms with Gasteiger partial charge in [-0.25, -0.2) is 13.0 Å². The maximum absolute atomic E-state index is 10.7. The third-order valence-electron chi connectivity index (χ3n) is 3.01. The van der Waals surface area contributed by atoms with Crippen molar-refractivity contribution >= 4 is 24.4 Å². The minimum absolute atomic E-state index is 0.672. The van der Waals surface area contributed by atoms with E-state index in [0.717, 1.165) is 5.92 Å². The van der Waals surface area contributed by atoms with E-state index >= 15 is 0 Å². The van der Waals surface area contributed by atoms with Crippen LogP contribution in [0.1, 0.15) is 40.5 Å². The number of alkyl halides is 3. The van der Waals surface area contributed by atoms with Gasteiger partial charge in [0.25, 0.3) is 0 Å². The molecule has 0 fully saturated rings. The SMILES string of the molecule is CC(C)C=[N+](CCCC[Si](C)(C)C)CC(C)C.O=S(=O)([O-])C(F)(F)F. The summed E-state index contributed by atoms with van der Waals surface area (Å²) in [5.74, 6) is 1.44. The Hall–Kier alpha value is -0.413. The van der Waals surface area contributed by atoms with E-state index in [1.165, 1.54) is 32.0 Å². The van der Waals surface area contributed by atoms with Crippen LogP contribution in [-0.4, -0.2) is 50.4 Å². The van der Waals surface area contributed by atoms with Gasteiger partial charge in [0.2, 0.25) is 0 Å². The van der Waals surface area contributed by atoms with Gasteiger partial charge in [0.1, 0.15) is 19.3 Å². The standard InChI is InChI=1S/C15H34NSi.CHF3O3S/c1-14(2)12-16(13-15(3)4)10-8-9-11-17(5,6)7;2-1(3,4)8(5,6)7/h12,14-15H,8-11,13H2,1-7H3;(H,5,6,7)/q+1;/p-1. The molecule has 0 unspecified atom stereocenters. The Morgan fingerprint density at radius 3 is 1.80 bits per heavy atom. The molecule has 0 heterocycles. The topological polar surface area (TPSA) is 60.2 Å². The van der Waals surface area contributed by atoms with Crippen molar-refractivity contribution in [1.82, 2.24) is 0 Å². The first-order chi connectivity index (χ1) is 11.0. The molecule has 0 saturated heterocycles. The van der Waals surface area contributed by atoms with Crippen molar-refractivity contribution in [3.05, 3.63) is 0 Å². The Morgan fingerprint density at radius 2 is 1.52 bits per heavy atom. The van der Waals surface area contributed by atoms with Crippen LogP contribution in [0.5, 0.6) is 0 Å². The second-order valence-corrected chi connectivity index (χ2v) is 15.2. The van der Waals surface area contributed by atoms with Crippen molar-refractivity contribution in [2.45, 2.75) is 71.7 Å². The van der Waals surface area contributed by atoms with Crippen LogP contribution in [0.4, 0.5) is 13.2 Å². The lowest BCUT2D eigenvalue weighted by Gasteiger charge is -2.15. The van der Waals surface area contributed by atoms with E-state index in [-0.39, 0.29) is 0 Å². The van der Waals surface area contributed by atoms with Crippen molar-refractivity contribution in [2.24, 2.45) is 11.8 Å². The molecular weight excluding hydrogens is 371 g/mol. The van der Waals surface area contributed by atoms with Gasteiger partial charge in [-0.2, -0.15) is 13.2 Å². The van der Waals surface area contributed by atoms with Gasteiger partial charge in [0, 0.05) is 26.3 Å². The van der Waals surface area contributed by atoms with Crippen LogP contribution in [0.25, 0.3) is 0 Å².